The van der Waals surface area contributed by atoms with Crippen LogP contribution in [0, 0.1) is 5.41 Å². The molecule has 0 radical (unpaired) electrons. The average Bonchev–Trinajstić information content (AvgIpc) is 2.98. The molecule has 2 rings (SSSR count). The summed E-state index contributed by atoms with van der Waals surface area (Å²) in [5.74, 6) is -0.308. The van der Waals surface area contributed by atoms with Crippen LogP contribution in [0.3, 0.4) is 0 Å². The van der Waals surface area contributed by atoms with E-state index < -0.39 is 5.41 Å². The molecule has 6 heteroatoms. The number of carbonyl (C=O) groups is 2. The van der Waals surface area contributed by atoms with E-state index >= 15 is 0 Å². The summed E-state index contributed by atoms with van der Waals surface area (Å²) >= 11 is 7.31. The second-order valence-corrected chi connectivity index (χ2v) is 7.13. The molecule has 1 heterocycles. The van der Waals surface area contributed by atoms with E-state index in [0.717, 1.165) is 24.8 Å². The van der Waals surface area contributed by atoms with Crippen molar-refractivity contribution in [1.82, 2.24) is 0 Å². The standard InChI is InChI=1S/C15H20ClNO3S/c1-4-20-13(18)11-9-6-5-7-10(9)21-12(11)17-14(19)15(2,3)8-16/h4-8H2,1-3H3,(H,17,19). The second kappa shape index (κ2) is 6.36. The highest BCUT2D eigenvalue weighted by Gasteiger charge is 2.32. The van der Waals surface area contributed by atoms with E-state index in [1.807, 2.05) is 0 Å². The summed E-state index contributed by atoms with van der Waals surface area (Å²) in [5.41, 5.74) is 0.896. The van der Waals surface area contributed by atoms with Crippen molar-refractivity contribution in [1.29, 1.82) is 0 Å². The number of nitrogens with one attached hydrogen (secondary N) is 1. The zero-order valence-corrected chi connectivity index (χ0v) is 14.1. The normalized spacial score (nSPS) is 13.9. The van der Waals surface area contributed by atoms with E-state index in [0.29, 0.717) is 17.2 Å². The first-order chi connectivity index (χ1) is 9.90. The number of halogens is 1. The fraction of sp³-hybridized carbons (Fsp3) is 0.600. The van der Waals surface area contributed by atoms with Crippen LogP contribution in [0.5, 0.6) is 0 Å². The third-order valence-electron chi connectivity index (χ3n) is 3.58. The highest BCUT2D eigenvalue weighted by molar-refractivity contribution is 7.17. The molecule has 1 N–H and O–H groups in total. The third-order valence-corrected chi connectivity index (χ3v) is 5.45. The van der Waals surface area contributed by atoms with Gasteiger partial charge in [0.1, 0.15) is 5.00 Å². The molecule has 1 aromatic rings. The molecule has 4 nitrogen and oxygen atoms in total. The molecule has 1 amide bonds. The summed E-state index contributed by atoms with van der Waals surface area (Å²) in [6.45, 7) is 5.66. The Bertz CT molecular complexity index is 566. The number of ether oxygens (including phenoxy) is 1. The molecule has 0 aromatic carbocycles. The zero-order valence-electron chi connectivity index (χ0n) is 12.5. The van der Waals surface area contributed by atoms with Gasteiger partial charge >= 0.3 is 5.97 Å². The van der Waals surface area contributed by atoms with E-state index in [1.54, 1.807) is 20.8 Å². The number of fused-ring (bicyclic) bond motifs is 1. The van der Waals surface area contributed by atoms with Gasteiger partial charge in [-0.3, -0.25) is 4.79 Å². The van der Waals surface area contributed by atoms with Crippen LogP contribution < -0.4 is 5.32 Å². The van der Waals surface area contributed by atoms with Crippen LogP contribution in [0.25, 0.3) is 0 Å². The monoisotopic (exact) mass is 329 g/mol. The summed E-state index contributed by atoms with van der Waals surface area (Å²) in [6.07, 6.45) is 2.88. The number of thiophene rings is 1. The summed E-state index contributed by atoms with van der Waals surface area (Å²) in [7, 11) is 0. The van der Waals surface area contributed by atoms with Gasteiger partial charge in [0.25, 0.3) is 0 Å². The Morgan fingerprint density at radius 1 is 1.38 bits per heavy atom. The average molecular weight is 330 g/mol. The van der Waals surface area contributed by atoms with E-state index in [9.17, 15) is 9.59 Å². The number of amides is 1. The lowest BCUT2D eigenvalue weighted by molar-refractivity contribution is -0.122. The third kappa shape index (κ3) is 3.24. The fourth-order valence-electron chi connectivity index (χ4n) is 2.24. The Labute approximate surface area is 133 Å². The molecular formula is C15H20ClNO3S. The van der Waals surface area contributed by atoms with Gasteiger partial charge in [0, 0.05) is 10.8 Å². The number of rotatable bonds is 5. The molecule has 116 valence electrons. The van der Waals surface area contributed by atoms with Gasteiger partial charge in [0.05, 0.1) is 17.6 Å². The highest BCUT2D eigenvalue weighted by Crippen LogP contribution is 2.40. The number of carbonyl (C=O) groups excluding carboxylic acids is 2. The van der Waals surface area contributed by atoms with E-state index in [4.69, 9.17) is 16.3 Å². The van der Waals surface area contributed by atoms with Gasteiger partial charge < -0.3 is 10.1 Å². The lowest BCUT2D eigenvalue weighted by Crippen LogP contribution is -2.32. The number of aryl methyl sites for hydroxylation is 1. The lowest BCUT2D eigenvalue weighted by Gasteiger charge is -2.20. The molecule has 0 atom stereocenters. The van der Waals surface area contributed by atoms with Crippen molar-refractivity contribution in [2.45, 2.75) is 40.0 Å². The maximum absolute atomic E-state index is 12.3. The summed E-state index contributed by atoms with van der Waals surface area (Å²) in [5, 5.41) is 3.46. The predicted molar refractivity (Wildman–Crippen MR) is 85.4 cm³/mol. The number of anilines is 1. The van der Waals surface area contributed by atoms with Gasteiger partial charge in [0.15, 0.2) is 0 Å². The zero-order chi connectivity index (χ0) is 15.6. The van der Waals surface area contributed by atoms with Crippen molar-refractivity contribution < 1.29 is 14.3 Å². The molecule has 0 unspecified atom stereocenters. The Balaban J connectivity index is 2.32. The van der Waals surface area contributed by atoms with Crippen LogP contribution in [-0.4, -0.2) is 24.4 Å². The van der Waals surface area contributed by atoms with E-state index in [2.05, 4.69) is 5.32 Å². The minimum absolute atomic E-state index is 0.178. The van der Waals surface area contributed by atoms with Crippen molar-refractivity contribution in [3.8, 4) is 0 Å². The SMILES string of the molecule is CCOC(=O)c1c(NC(=O)C(C)(C)CCl)sc2c1CCC2. The molecule has 0 saturated carbocycles. The van der Waals surface area contributed by atoms with Gasteiger partial charge in [-0.15, -0.1) is 22.9 Å². The molecule has 0 fully saturated rings. The Morgan fingerprint density at radius 3 is 2.71 bits per heavy atom. The first-order valence-corrected chi connectivity index (χ1v) is 8.45. The van der Waals surface area contributed by atoms with Crippen LogP contribution in [-0.2, 0) is 22.4 Å². The lowest BCUT2D eigenvalue weighted by atomic mass is 9.95. The summed E-state index contributed by atoms with van der Waals surface area (Å²) < 4.78 is 5.14. The molecule has 1 aromatic heterocycles. The second-order valence-electron chi connectivity index (χ2n) is 5.75. The molecule has 1 aliphatic rings. The van der Waals surface area contributed by atoms with Gasteiger partial charge in [0.2, 0.25) is 5.91 Å². The highest BCUT2D eigenvalue weighted by atomic mass is 35.5. The van der Waals surface area contributed by atoms with Crippen LogP contribution in [0.4, 0.5) is 5.00 Å². The van der Waals surface area contributed by atoms with E-state index in [-0.39, 0.29) is 17.8 Å². The smallest absolute Gasteiger partial charge is 0.341 e. The van der Waals surface area contributed by atoms with Crippen molar-refractivity contribution >= 4 is 39.8 Å². The minimum atomic E-state index is -0.679. The van der Waals surface area contributed by atoms with Gasteiger partial charge in [-0.2, -0.15) is 0 Å². The first-order valence-electron chi connectivity index (χ1n) is 7.09. The Hall–Kier alpha value is -1.07. The predicted octanol–water partition coefficient (Wildman–Crippen LogP) is 3.62. The van der Waals surface area contributed by atoms with Crippen LogP contribution in [0.2, 0.25) is 0 Å². The van der Waals surface area contributed by atoms with Crippen molar-refractivity contribution in [3.05, 3.63) is 16.0 Å². The van der Waals surface area contributed by atoms with Crippen LogP contribution in [0.15, 0.2) is 0 Å². The molecule has 1 aliphatic carbocycles. The maximum Gasteiger partial charge on any atom is 0.341 e. The van der Waals surface area contributed by atoms with Crippen molar-refractivity contribution in [3.63, 3.8) is 0 Å². The van der Waals surface area contributed by atoms with Crippen molar-refractivity contribution in [2.75, 3.05) is 17.8 Å². The molecule has 0 spiro atoms. The van der Waals surface area contributed by atoms with Crippen LogP contribution in [0.1, 0.15) is 48.0 Å². The minimum Gasteiger partial charge on any atom is -0.462 e. The number of alkyl halides is 1. The molecule has 21 heavy (non-hydrogen) atoms. The molecule has 0 aliphatic heterocycles. The fourth-order valence-corrected chi connectivity index (χ4v) is 3.64. The Kier molecular flexibility index (Phi) is 4.94. The van der Waals surface area contributed by atoms with Crippen molar-refractivity contribution in [2.24, 2.45) is 5.41 Å². The topological polar surface area (TPSA) is 55.4 Å². The number of hydrogen-bond donors (Lipinski definition) is 1. The largest absolute Gasteiger partial charge is 0.462 e. The van der Waals surface area contributed by atoms with Gasteiger partial charge in [-0.1, -0.05) is 0 Å². The molecule has 0 saturated heterocycles. The summed E-state index contributed by atoms with van der Waals surface area (Å²) in [4.78, 5) is 25.7. The Morgan fingerprint density at radius 2 is 2.10 bits per heavy atom. The number of esters is 1. The first kappa shape index (κ1) is 16.3. The van der Waals surface area contributed by atoms with E-state index in [1.165, 1.54) is 16.2 Å². The van der Waals surface area contributed by atoms with Gasteiger partial charge in [-0.25, -0.2) is 4.79 Å². The molecule has 0 bridgehead atoms. The van der Waals surface area contributed by atoms with Crippen LogP contribution >= 0.6 is 22.9 Å². The number of hydrogen-bond acceptors (Lipinski definition) is 4. The molecular weight excluding hydrogens is 310 g/mol. The maximum atomic E-state index is 12.3. The quantitative estimate of drug-likeness (QED) is 0.663. The summed E-state index contributed by atoms with van der Waals surface area (Å²) in [6, 6.07) is 0. The van der Waals surface area contributed by atoms with Gasteiger partial charge in [-0.05, 0) is 45.6 Å².